The average Bonchev–Trinajstić information content (AvgIpc) is 2.92. The van der Waals surface area contributed by atoms with Gasteiger partial charge < -0.3 is 14.9 Å². The Labute approximate surface area is 137 Å². The number of Topliss-reactive ketones (excluding diaryl/α,β-unsaturated/α-hetero) is 1. The fourth-order valence-corrected chi connectivity index (χ4v) is 3.39. The Kier molecular flexibility index (Phi) is 4.30. The van der Waals surface area contributed by atoms with Gasteiger partial charge in [-0.2, -0.15) is 0 Å². The van der Waals surface area contributed by atoms with Gasteiger partial charge in [-0.1, -0.05) is 6.92 Å². The van der Waals surface area contributed by atoms with Gasteiger partial charge in [0.1, 0.15) is 5.82 Å². The van der Waals surface area contributed by atoms with Crippen LogP contribution in [-0.4, -0.2) is 39.1 Å². The molecular weight excluding hydrogens is 317 g/mol. The number of carbonyl (C=O) groups is 2. The molecule has 1 aliphatic heterocycles. The summed E-state index contributed by atoms with van der Waals surface area (Å²) in [6, 6.07) is 2.08. The number of ketones is 1. The second-order valence-electron chi connectivity index (χ2n) is 5.79. The molecule has 1 fully saturated rings. The van der Waals surface area contributed by atoms with Gasteiger partial charge in [-0.05, 0) is 43.6 Å². The molecule has 2 heterocycles. The summed E-state index contributed by atoms with van der Waals surface area (Å²) in [5, 5.41) is 0. The van der Waals surface area contributed by atoms with E-state index in [2.05, 4.69) is 9.97 Å². The van der Waals surface area contributed by atoms with Crippen molar-refractivity contribution in [2.75, 3.05) is 6.54 Å². The molecule has 0 aliphatic carbocycles. The molecule has 1 aromatic carbocycles. The first-order chi connectivity index (χ1) is 11.0. The van der Waals surface area contributed by atoms with Gasteiger partial charge in [0.25, 0.3) is 5.91 Å². The molecule has 1 amide bonds. The molecule has 0 spiro atoms. The SMILES string of the molecule is CCC(=O)[C@@H]1CCCCN1C(=O)c1cc(F)cc2[nH]c(=S)[nH]c12. The number of hydrogen-bond donors (Lipinski definition) is 2. The zero-order chi connectivity index (χ0) is 16.6. The summed E-state index contributed by atoms with van der Waals surface area (Å²) < 4.78 is 14.2. The maximum atomic E-state index is 13.9. The van der Waals surface area contributed by atoms with E-state index in [1.165, 1.54) is 12.1 Å². The van der Waals surface area contributed by atoms with Gasteiger partial charge in [0.2, 0.25) is 0 Å². The molecule has 5 nitrogen and oxygen atoms in total. The number of H-pyrrole nitrogens is 2. The summed E-state index contributed by atoms with van der Waals surface area (Å²) in [7, 11) is 0. The largest absolute Gasteiger partial charge is 0.331 e. The van der Waals surface area contributed by atoms with Gasteiger partial charge >= 0.3 is 0 Å². The first-order valence-corrected chi connectivity index (χ1v) is 8.17. The monoisotopic (exact) mass is 335 g/mol. The maximum Gasteiger partial charge on any atom is 0.256 e. The van der Waals surface area contributed by atoms with E-state index >= 15 is 0 Å². The molecule has 2 N–H and O–H groups in total. The van der Waals surface area contributed by atoms with Gasteiger partial charge in [-0.25, -0.2) is 4.39 Å². The minimum Gasteiger partial charge on any atom is -0.331 e. The van der Waals surface area contributed by atoms with Crippen molar-refractivity contribution in [3.63, 3.8) is 0 Å². The standard InChI is InChI=1S/C16H18FN3O2S/c1-2-13(21)12-5-3-4-6-20(12)15(22)10-7-9(17)8-11-14(10)19-16(23)18-11/h7-8,12H,2-6H2,1H3,(H2,18,19,23)/t12-/m0/s1. The highest BCUT2D eigenvalue weighted by atomic mass is 32.1. The summed E-state index contributed by atoms with van der Waals surface area (Å²) in [6.07, 6.45) is 2.83. The van der Waals surface area contributed by atoms with Crippen LogP contribution in [0.5, 0.6) is 0 Å². The van der Waals surface area contributed by atoms with Crippen LogP contribution in [0, 0.1) is 10.6 Å². The summed E-state index contributed by atoms with van der Waals surface area (Å²) in [6.45, 7) is 2.31. The lowest BCUT2D eigenvalue weighted by molar-refractivity contribution is -0.124. The lowest BCUT2D eigenvalue weighted by atomic mass is 9.96. The van der Waals surface area contributed by atoms with E-state index in [9.17, 15) is 14.0 Å². The number of benzene rings is 1. The number of hydrogen-bond acceptors (Lipinski definition) is 3. The van der Waals surface area contributed by atoms with Crippen molar-refractivity contribution in [1.29, 1.82) is 0 Å². The van der Waals surface area contributed by atoms with E-state index in [0.29, 0.717) is 35.2 Å². The molecule has 1 saturated heterocycles. The normalized spacial score (nSPS) is 18.3. The third-order valence-corrected chi connectivity index (χ3v) is 4.51. The Balaban J connectivity index is 2.05. The van der Waals surface area contributed by atoms with Crippen molar-refractivity contribution in [3.05, 3.63) is 28.3 Å². The van der Waals surface area contributed by atoms with Crippen molar-refractivity contribution >= 4 is 34.9 Å². The van der Waals surface area contributed by atoms with Crippen molar-refractivity contribution < 1.29 is 14.0 Å². The Morgan fingerprint density at radius 2 is 2.13 bits per heavy atom. The van der Waals surface area contributed by atoms with Crippen LogP contribution < -0.4 is 0 Å². The fraction of sp³-hybridized carbons (Fsp3) is 0.438. The van der Waals surface area contributed by atoms with Crippen LogP contribution in [0.25, 0.3) is 11.0 Å². The summed E-state index contributed by atoms with van der Waals surface area (Å²) >= 11 is 5.03. The third kappa shape index (κ3) is 2.93. The average molecular weight is 335 g/mol. The minimum atomic E-state index is -0.513. The van der Waals surface area contributed by atoms with Crippen molar-refractivity contribution in [3.8, 4) is 0 Å². The Morgan fingerprint density at radius 1 is 1.35 bits per heavy atom. The molecule has 0 unspecified atom stereocenters. The highest BCUT2D eigenvalue weighted by Gasteiger charge is 2.32. The van der Waals surface area contributed by atoms with Crippen LogP contribution in [-0.2, 0) is 4.79 Å². The fourth-order valence-electron chi connectivity index (χ4n) is 3.18. The zero-order valence-electron chi connectivity index (χ0n) is 12.8. The van der Waals surface area contributed by atoms with Crippen LogP contribution in [0.1, 0.15) is 43.0 Å². The third-order valence-electron chi connectivity index (χ3n) is 4.30. The number of aromatic nitrogens is 2. The first kappa shape index (κ1) is 15.9. The Hall–Kier alpha value is -2.02. The molecule has 2 aromatic rings. The topological polar surface area (TPSA) is 69.0 Å². The zero-order valence-corrected chi connectivity index (χ0v) is 13.6. The molecule has 0 radical (unpaired) electrons. The number of imidazole rings is 1. The molecule has 1 aromatic heterocycles. The number of carbonyl (C=O) groups excluding carboxylic acids is 2. The second-order valence-corrected chi connectivity index (χ2v) is 6.19. The Bertz CT molecular complexity index is 826. The van der Waals surface area contributed by atoms with Crippen molar-refractivity contribution in [2.45, 2.75) is 38.6 Å². The van der Waals surface area contributed by atoms with Gasteiger partial charge in [-0.3, -0.25) is 9.59 Å². The summed E-state index contributed by atoms with van der Waals surface area (Å²) in [5.74, 6) is -0.791. The van der Waals surface area contributed by atoms with E-state index in [4.69, 9.17) is 12.2 Å². The van der Waals surface area contributed by atoms with Crippen LogP contribution in [0.2, 0.25) is 0 Å². The molecule has 3 rings (SSSR count). The van der Waals surface area contributed by atoms with E-state index in [-0.39, 0.29) is 17.3 Å². The van der Waals surface area contributed by atoms with Gasteiger partial charge in [-0.15, -0.1) is 0 Å². The molecule has 23 heavy (non-hydrogen) atoms. The van der Waals surface area contributed by atoms with Crippen molar-refractivity contribution in [1.82, 2.24) is 14.9 Å². The number of nitrogens with zero attached hydrogens (tertiary/aromatic N) is 1. The maximum absolute atomic E-state index is 13.9. The van der Waals surface area contributed by atoms with Gasteiger partial charge in [0, 0.05) is 13.0 Å². The molecule has 7 heteroatoms. The molecule has 1 aliphatic rings. The quantitative estimate of drug-likeness (QED) is 0.845. The summed E-state index contributed by atoms with van der Waals surface area (Å²) in [5.41, 5.74) is 1.14. The van der Waals surface area contributed by atoms with Crippen LogP contribution in [0.4, 0.5) is 4.39 Å². The lowest BCUT2D eigenvalue weighted by Gasteiger charge is -2.34. The minimum absolute atomic E-state index is 0.0488. The first-order valence-electron chi connectivity index (χ1n) is 7.76. The molecule has 0 saturated carbocycles. The number of piperidine rings is 1. The van der Waals surface area contributed by atoms with Crippen molar-refractivity contribution in [2.24, 2.45) is 0 Å². The molecule has 0 bridgehead atoms. The van der Waals surface area contributed by atoms with E-state index in [1.54, 1.807) is 11.8 Å². The van der Waals surface area contributed by atoms with E-state index < -0.39 is 11.9 Å². The second kappa shape index (κ2) is 6.23. The van der Waals surface area contributed by atoms with E-state index in [1.807, 2.05) is 0 Å². The van der Waals surface area contributed by atoms with E-state index in [0.717, 1.165) is 12.8 Å². The smallest absolute Gasteiger partial charge is 0.256 e. The van der Waals surface area contributed by atoms with Crippen LogP contribution >= 0.6 is 12.2 Å². The predicted octanol–water partition coefficient (Wildman–Crippen LogP) is 3.34. The lowest BCUT2D eigenvalue weighted by Crippen LogP contribution is -2.47. The molecular formula is C16H18FN3O2S. The number of fused-ring (bicyclic) bond motifs is 1. The highest BCUT2D eigenvalue weighted by molar-refractivity contribution is 7.71. The number of nitrogens with one attached hydrogen (secondary N) is 2. The van der Waals surface area contributed by atoms with Crippen LogP contribution in [0.3, 0.4) is 0 Å². The number of likely N-dealkylation sites (tertiary alicyclic amines) is 1. The Morgan fingerprint density at radius 3 is 2.87 bits per heavy atom. The highest BCUT2D eigenvalue weighted by Crippen LogP contribution is 2.25. The van der Waals surface area contributed by atoms with Gasteiger partial charge in [0.05, 0.1) is 22.6 Å². The number of aromatic amines is 2. The van der Waals surface area contributed by atoms with Gasteiger partial charge in [0.15, 0.2) is 10.6 Å². The molecule has 122 valence electrons. The number of amides is 1. The predicted molar refractivity (Wildman–Crippen MR) is 87.4 cm³/mol. The summed E-state index contributed by atoms with van der Waals surface area (Å²) in [4.78, 5) is 32.4. The van der Waals surface area contributed by atoms with Crippen LogP contribution in [0.15, 0.2) is 12.1 Å². The number of halogens is 1. The molecule has 1 atom stereocenters. The number of rotatable bonds is 3.